The Morgan fingerprint density at radius 2 is 1.91 bits per heavy atom. The first-order chi connectivity index (χ1) is 16.3. The minimum atomic E-state index is -1.48. The van der Waals surface area contributed by atoms with Gasteiger partial charge in [-0.1, -0.05) is 13.8 Å². The van der Waals surface area contributed by atoms with Gasteiger partial charge in [0.2, 0.25) is 11.7 Å². The van der Waals surface area contributed by atoms with Crippen molar-refractivity contribution in [1.29, 1.82) is 5.41 Å². The Balaban J connectivity index is 2.32. The van der Waals surface area contributed by atoms with E-state index in [0.717, 1.165) is 0 Å². The predicted octanol–water partition coefficient (Wildman–Crippen LogP) is -2.45. The van der Waals surface area contributed by atoms with Gasteiger partial charge in [0.15, 0.2) is 12.1 Å². The van der Waals surface area contributed by atoms with Crippen molar-refractivity contribution in [1.82, 2.24) is 10.6 Å². The van der Waals surface area contributed by atoms with Gasteiger partial charge in [-0.2, -0.15) is 0 Å². The molecule has 0 aromatic rings. The maximum Gasteiger partial charge on any atom is 0.376 e. The molecule has 0 aromatic carbocycles. The Morgan fingerprint density at radius 1 is 1.29 bits per heavy atom. The van der Waals surface area contributed by atoms with Crippen molar-refractivity contribution < 1.29 is 43.5 Å². The fourth-order valence-corrected chi connectivity index (χ4v) is 3.52. The zero-order valence-corrected chi connectivity index (χ0v) is 20.1. The molecule has 14 heteroatoms. The van der Waals surface area contributed by atoms with Crippen LogP contribution in [-0.4, -0.2) is 90.0 Å². The Morgan fingerprint density at radius 3 is 2.37 bits per heavy atom. The van der Waals surface area contributed by atoms with E-state index >= 15 is 0 Å². The molecule has 0 unspecified atom stereocenters. The van der Waals surface area contributed by atoms with Gasteiger partial charge in [0.1, 0.15) is 18.2 Å². The van der Waals surface area contributed by atoms with Gasteiger partial charge in [0.25, 0.3) is 5.79 Å². The number of rotatable bonds is 11. The molecule has 14 nitrogen and oxygen atoms in total. The van der Waals surface area contributed by atoms with E-state index in [-0.39, 0.29) is 24.5 Å². The zero-order chi connectivity index (χ0) is 26.5. The summed E-state index contributed by atoms with van der Waals surface area (Å²) in [7, 11) is 1.25. The number of guanidine groups is 1. The normalized spacial score (nSPS) is 25.3. The molecule has 1 aliphatic heterocycles. The van der Waals surface area contributed by atoms with Gasteiger partial charge < -0.3 is 51.3 Å². The van der Waals surface area contributed by atoms with Gasteiger partial charge in [-0.25, -0.2) is 4.79 Å². The molecule has 0 saturated heterocycles. The molecule has 2 rings (SSSR count). The number of ether oxygens (including phenoxy) is 4. The van der Waals surface area contributed by atoms with E-state index in [9.17, 15) is 24.6 Å². The summed E-state index contributed by atoms with van der Waals surface area (Å²) in [4.78, 5) is 37.1. The fraction of sp³-hybridized carbons (Fsp3) is 0.714. The number of aliphatic hydroxyl groups excluding tert-OH is 2. The highest BCUT2D eigenvalue weighted by Gasteiger charge is 2.54. The summed E-state index contributed by atoms with van der Waals surface area (Å²) < 4.78 is 21.8. The van der Waals surface area contributed by atoms with Crippen molar-refractivity contribution in [2.24, 2.45) is 17.4 Å². The molecule has 6 atom stereocenters. The third-order valence-electron chi connectivity index (χ3n) is 5.60. The SMILES string of the molecule is CO[C@H]([C@@H]1OC(C(=O)OC2(OC(=O)[C@@H](N)C(C)C)CC2)=C[C@H](NC(=N)N)[C@H]1NC(C)=O)[C@H](O)CO. The molecule has 0 spiro atoms. The van der Waals surface area contributed by atoms with Crippen LogP contribution in [0.3, 0.4) is 0 Å². The standard InChI is InChI=1S/C21H35N5O9/c1-9(2)14(22)19(31)35-21(5-6-21)34-18(30)13-7-11(26-20(23)24)15(25-10(3)28)17(33-13)16(32-4)12(29)8-27/h7,9,11-12,14-17,27,29H,5-6,8,22H2,1-4H3,(H,25,28)(H4,23,24,26)/t11-,12+,14-,15+,16-,17+/m0/s1. The Hall–Kier alpha value is -2.94. The maximum absolute atomic E-state index is 13.0. The van der Waals surface area contributed by atoms with Crippen LogP contribution in [0.5, 0.6) is 0 Å². The molecule has 0 bridgehead atoms. The van der Waals surface area contributed by atoms with Crippen LogP contribution in [0.2, 0.25) is 0 Å². The molecule has 1 aliphatic carbocycles. The number of aliphatic hydroxyl groups is 2. The van der Waals surface area contributed by atoms with Crippen LogP contribution >= 0.6 is 0 Å². The maximum atomic E-state index is 13.0. The Labute approximate surface area is 202 Å². The Kier molecular flexibility index (Phi) is 9.43. The van der Waals surface area contributed by atoms with Crippen LogP contribution in [0, 0.1) is 11.3 Å². The van der Waals surface area contributed by atoms with Gasteiger partial charge in [0.05, 0.1) is 18.7 Å². The predicted molar refractivity (Wildman–Crippen MR) is 120 cm³/mol. The zero-order valence-electron chi connectivity index (χ0n) is 20.1. The van der Waals surface area contributed by atoms with E-state index in [1.807, 2.05) is 0 Å². The molecule has 0 radical (unpaired) electrons. The van der Waals surface area contributed by atoms with Gasteiger partial charge in [-0.05, 0) is 12.0 Å². The molecule has 1 heterocycles. The van der Waals surface area contributed by atoms with Gasteiger partial charge in [-0.3, -0.25) is 15.0 Å². The summed E-state index contributed by atoms with van der Waals surface area (Å²) in [6.07, 6.45) is -2.10. The van der Waals surface area contributed by atoms with E-state index in [2.05, 4.69) is 10.6 Å². The van der Waals surface area contributed by atoms with Crippen molar-refractivity contribution >= 4 is 23.8 Å². The number of carbonyl (C=O) groups is 3. The highest BCUT2D eigenvalue weighted by molar-refractivity contribution is 5.88. The van der Waals surface area contributed by atoms with Crippen molar-refractivity contribution in [3.05, 3.63) is 11.8 Å². The lowest BCUT2D eigenvalue weighted by Gasteiger charge is -2.41. The molecule has 1 amide bonds. The molecule has 9 N–H and O–H groups in total. The lowest BCUT2D eigenvalue weighted by molar-refractivity contribution is -0.200. The molecule has 1 fully saturated rings. The second kappa shape index (κ2) is 11.7. The molecule has 35 heavy (non-hydrogen) atoms. The molecule has 198 valence electrons. The number of carbonyl (C=O) groups excluding carboxylic acids is 3. The summed E-state index contributed by atoms with van der Waals surface area (Å²) in [5.41, 5.74) is 11.3. The average Bonchev–Trinajstić information content (AvgIpc) is 3.52. The molecule has 1 saturated carbocycles. The quantitative estimate of drug-likeness (QED) is 0.0677. The largest absolute Gasteiger partial charge is 0.478 e. The highest BCUT2D eigenvalue weighted by atomic mass is 16.7. The second-order valence-electron chi connectivity index (χ2n) is 8.86. The minimum Gasteiger partial charge on any atom is -0.478 e. The summed E-state index contributed by atoms with van der Waals surface area (Å²) in [5.74, 6) is -4.69. The Bertz CT molecular complexity index is 845. The monoisotopic (exact) mass is 501 g/mol. The third kappa shape index (κ3) is 7.27. The molecular formula is C21H35N5O9. The molecular weight excluding hydrogens is 466 g/mol. The number of methoxy groups -OCH3 is 1. The number of amides is 1. The first-order valence-electron chi connectivity index (χ1n) is 11.1. The van der Waals surface area contributed by atoms with Crippen molar-refractivity contribution in [2.75, 3.05) is 13.7 Å². The first-order valence-corrected chi connectivity index (χ1v) is 11.1. The summed E-state index contributed by atoms with van der Waals surface area (Å²) in [6.45, 7) is 4.04. The highest BCUT2D eigenvalue weighted by Crippen LogP contribution is 2.42. The fourth-order valence-electron chi connectivity index (χ4n) is 3.52. The number of hydrogen-bond acceptors (Lipinski definition) is 11. The number of hydrogen-bond donors (Lipinski definition) is 7. The molecule has 2 aliphatic rings. The minimum absolute atomic E-state index is 0.188. The number of esters is 2. The van der Waals surface area contributed by atoms with Gasteiger partial charge >= 0.3 is 11.9 Å². The van der Waals surface area contributed by atoms with Crippen LogP contribution in [0.1, 0.15) is 33.6 Å². The van der Waals surface area contributed by atoms with Crippen molar-refractivity contribution in [2.45, 2.75) is 75.8 Å². The lowest BCUT2D eigenvalue weighted by atomic mass is 9.92. The van der Waals surface area contributed by atoms with E-state index in [4.69, 9.17) is 35.8 Å². The lowest BCUT2D eigenvalue weighted by Crippen LogP contribution is -2.64. The molecule has 0 aromatic heterocycles. The van der Waals surface area contributed by atoms with Gasteiger partial charge in [-0.15, -0.1) is 0 Å². The summed E-state index contributed by atoms with van der Waals surface area (Å²) in [6, 6.07) is -2.84. The van der Waals surface area contributed by atoms with Crippen molar-refractivity contribution in [3.63, 3.8) is 0 Å². The average molecular weight is 502 g/mol. The van der Waals surface area contributed by atoms with E-state index in [1.54, 1.807) is 13.8 Å². The van der Waals surface area contributed by atoms with E-state index in [1.165, 1.54) is 20.1 Å². The van der Waals surface area contributed by atoms with Crippen molar-refractivity contribution in [3.8, 4) is 0 Å². The topological polar surface area (TPSA) is 229 Å². The van der Waals surface area contributed by atoms with E-state index in [0.29, 0.717) is 0 Å². The van der Waals surface area contributed by atoms with Crippen LogP contribution in [0.25, 0.3) is 0 Å². The van der Waals surface area contributed by atoms with E-state index < -0.39 is 72.6 Å². The number of nitrogens with one attached hydrogen (secondary N) is 3. The first kappa shape index (κ1) is 28.3. The van der Waals surface area contributed by atoms with Crippen LogP contribution in [-0.2, 0) is 33.3 Å². The van der Waals surface area contributed by atoms with Crippen LogP contribution in [0.4, 0.5) is 0 Å². The second-order valence-corrected chi connectivity index (χ2v) is 8.86. The smallest absolute Gasteiger partial charge is 0.376 e. The van der Waals surface area contributed by atoms with Crippen LogP contribution < -0.4 is 22.1 Å². The van der Waals surface area contributed by atoms with Gasteiger partial charge in [0, 0.05) is 26.9 Å². The summed E-state index contributed by atoms with van der Waals surface area (Å²) in [5, 5.41) is 32.5. The number of nitrogens with two attached hydrogens (primary N) is 2. The van der Waals surface area contributed by atoms with Crippen LogP contribution in [0.15, 0.2) is 11.8 Å². The summed E-state index contributed by atoms with van der Waals surface area (Å²) >= 11 is 0. The third-order valence-corrected chi connectivity index (χ3v) is 5.60.